The molecule has 11 heavy (non-hydrogen) atoms. The van der Waals surface area contributed by atoms with Crippen LogP contribution in [0.5, 0.6) is 0 Å². The Bertz CT molecular complexity index is 147. The molecule has 1 heterocycles. The third kappa shape index (κ3) is 2.05. The number of amides is 1. The maximum absolute atomic E-state index is 10.4. The average molecular weight is 153 g/mol. The summed E-state index contributed by atoms with van der Waals surface area (Å²) in [7, 11) is 0. The zero-order chi connectivity index (χ0) is 8.10. The molecular formula is C8H13N2O. The van der Waals surface area contributed by atoms with Crippen LogP contribution in [0.2, 0.25) is 0 Å². The van der Waals surface area contributed by atoms with Gasteiger partial charge in [0.05, 0.1) is 0 Å². The van der Waals surface area contributed by atoms with Gasteiger partial charge in [0.1, 0.15) is 0 Å². The standard InChI is InChI=1S/C8H13N2O/c1-2-3-8-6-9-4-5-10(8)7-11/h2,8-9H,1,3-6H2. The number of carbonyl (C=O) groups excluding carboxylic acids is 1. The van der Waals surface area contributed by atoms with Crippen molar-refractivity contribution in [2.45, 2.75) is 12.5 Å². The minimum Gasteiger partial charge on any atom is -0.329 e. The highest BCUT2D eigenvalue weighted by Crippen LogP contribution is 2.04. The minimum atomic E-state index is 0.263. The van der Waals surface area contributed by atoms with E-state index in [4.69, 9.17) is 0 Å². The van der Waals surface area contributed by atoms with E-state index in [0.29, 0.717) is 0 Å². The molecule has 3 nitrogen and oxygen atoms in total. The zero-order valence-electron chi connectivity index (χ0n) is 6.55. The first-order valence-electron chi connectivity index (χ1n) is 3.84. The van der Waals surface area contributed by atoms with Gasteiger partial charge in [-0.25, -0.2) is 0 Å². The molecule has 0 aromatic rings. The van der Waals surface area contributed by atoms with Crippen molar-refractivity contribution < 1.29 is 4.79 Å². The first kappa shape index (κ1) is 8.27. The normalized spacial score (nSPS) is 24.7. The van der Waals surface area contributed by atoms with Crippen molar-refractivity contribution in [3.05, 3.63) is 12.7 Å². The van der Waals surface area contributed by atoms with Crippen molar-refractivity contribution in [2.24, 2.45) is 0 Å². The molecule has 0 bridgehead atoms. The van der Waals surface area contributed by atoms with Gasteiger partial charge in [-0.3, -0.25) is 4.79 Å². The van der Waals surface area contributed by atoms with Crippen molar-refractivity contribution in [3.8, 4) is 0 Å². The van der Waals surface area contributed by atoms with E-state index in [1.807, 2.05) is 12.5 Å². The van der Waals surface area contributed by atoms with Crippen LogP contribution in [0, 0.1) is 0 Å². The summed E-state index contributed by atoms with van der Waals surface area (Å²) in [5.74, 6) is 0. The van der Waals surface area contributed by atoms with Crippen LogP contribution in [0.3, 0.4) is 0 Å². The molecule has 1 radical (unpaired) electrons. The molecule has 61 valence electrons. The van der Waals surface area contributed by atoms with Gasteiger partial charge in [0, 0.05) is 25.7 Å². The predicted octanol–water partition coefficient (Wildman–Crippen LogP) is -0.0965. The minimum absolute atomic E-state index is 0.263. The molecule has 1 unspecified atom stereocenters. The van der Waals surface area contributed by atoms with Gasteiger partial charge in [-0.1, -0.05) is 6.08 Å². The van der Waals surface area contributed by atoms with E-state index in [1.165, 1.54) is 0 Å². The lowest BCUT2D eigenvalue weighted by Gasteiger charge is -2.31. The number of rotatable bonds is 3. The molecule has 1 amide bonds. The molecule has 1 aliphatic rings. The van der Waals surface area contributed by atoms with Gasteiger partial charge >= 0.3 is 6.41 Å². The van der Waals surface area contributed by atoms with Crippen LogP contribution in [0.25, 0.3) is 0 Å². The first-order chi connectivity index (χ1) is 5.38. The van der Waals surface area contributed by atoms with Crippen molar-refractivity contribution in [1.82, 2.24) is 10.2 Å². The Hall–Kier alpha value is -0.830. The lowest BCUT2D eigenvalue weighted by molar-refractivity contribution is 0.247. The topological polar surface area (TPSA) is 32.3 Å². The maximum atomic E-state index is 10.4. The first-order valence-corrected chi connectivity index (χ1v) is 3.84. The Labute approximate surface area is 67.1 Å². The van der Waals surface area contributed by atoms with E-state index < -0.39 is 0 Å². The summed E-state index contributed by atoms with van der Waals surface area (Å²) >= 11 is 0. The van der Waals surface area contributed by atoms with Crippen LogP contribution < -0.4 is 5.32 Å². The van der Waals surface area contributed by atoms with Crippen LogP contribution in [0.4, 0.5) is 0 Å². The predicted molar refractivity (Wildman–Crippen MR) is 43.9 cm³/mol. The highest BCUT2D eigenvalue weighted by molar-refractivity contribution is 5.49. The van der Waals surface area contributed by atoms with Gasteiger partial charge in [0.25, 0.3) is 0 Å². The number of hydrogen-bond donors (Lipinski definition) is 1. The summed E-state index contributed by atoms with van der Waals surface area (Å²) in [4.78, 5) is 12.1. The van der Waals surface area contributed by atoms with Crippen molar-refractivity contribution in [2.75, 3.05) is 19.6 Å². The fraction of sp³-hybridized carbons (Fsp3) is 0.625. The van der Waals surface area contributed by atoms with Crippen LogP contribution in [0.15, 0.2) is 12.7 Å². The Morgan fingerprint density at radius 1 is 1.82 bits per heavy atom. The molecule has 1 aliphatic heterocycles. The van der Waals surface area contributed by atoms with E-state index in [2.05, 4.69) is 11.9 Å². The molecule has 0 spiro atoms. The Morgan fingerprint density at radius 3 is 3.27 bits per heavy atom. The lowest BCUT2D eigenvalue weighted by atomic mass is 10.1. The number of nitrogens with one attached hydrogen (secondary N) is 1. The van der Waals surface area contributed by atoms with E-state index in [-0.39, 0.29) is 6.04 Å². The van der Waals surface area contributed by atoms with Crippen molar-refractivity contribution in [1.29, 1.82) is 0 Å². The molecule has 0 aromatic carbocycles. The Morgan fingerprint density at radius 2 is 2.64 bits per heavy atom. The molecule has 1 rings (SSSR count). The van der Waals surface area contributed by atoms with Gasteiger partial charge in [0.2, 0.25) is 0 Å². The van der Waals surface area contributed by atoms with Crippen LogP contribution >= 0.6 is 0 Å². The maximum Gasteiger partial charge on any atom is 0.312 e. The van der Waals surface area contributed by atoms with E-state index in [9.17, 15) is 4.79 Å². The van der Waals surface area contributed by atoms with Gasteiger partial charge in [0.15, 0.2) is 0 Å². The second-order valence-electron chi connectivity index (χ2n) is 2.67. The molecule has 3 heteroatoms. The smallest absolute Gasteiger partial charge is 0.312 e. The summed E-state index contributed by atoms with van der Waals surface area (Å²) in [6.07, 6.45) is 4.62. The fourth-order valence-corrected chi connectivity index (χ4v) is 1.28. The van der Waals surface area contributed by atoms with Crippen LogP contribution in [-0.2, 0) is 4.79 Å². The monoisotopic (exact) mass is 153 g/mol. The third-order valence-corrected chi connectivity index (χ3v) is 1.91. The second-order valence-corrected chi connectivity index (χ2v) is 2.67. The molecule has 1 fully saturated rings. The van der Waals surface area contributed by atoms with Gasteiger partial charge in [-0.2, -0.15) is 0 Å². The van der Waals surface area contributed by atoms with Crippen molar-refractivity contribution >= 4 is 6.41 Å². The van der Waals surface area contributed by atoms with Gasteiger partial charge < -0.3 is 10.2 Å². The number of hydrogen-bond acceptors (Lipinski definition) is 2. The largest absolute Gasteiger partial charge is 0.329 e. The molecule has 1 saturated heterocycles. The lowest BCUT2D eigenvalue weighted by Crippen LogP contribution is -2.50. The summed E-state index contributed by atoms with van der Waals surface area (Å²) < 4.78 is 0. The highest BCUT2D eigenvalue weighted by Gasteiger charge is 2.19. The average Bonchev–Trinajstić information content (AvgIpc) is 2.06. The summed E-state index contributed by atoms with van der Waals surface area (Å²) in [6.45, 7) is 6.15. The third-order valence-electron chi connectivity index (χ3n) is 1.91. The van der Waals surface area contributed by atoms with E-state index in [1.54, 1.807) is 4.90 Å². The van der Waals surface area contributed by atoms with E-state index >= 15 is 0 Å². The summed E-state index contributed by atoms with van der Waals surface area (Å²) in [6, 6.07) is 0.263. The van der Waals surface area contributed by atoms with Crippen LogP contribution in [-0.4, -0.2) is 37.0 Å². The molecule has 1 N–H and O–H groups in total. The Balaban J connectivity index is 2.43. The molecule has 0 aromatic heterocycles. The Kier molecular flexibility index (Phi) is 3.11. The zero-order valence-corrected chi connectivity index (χ0v) is 6.55. The van der Waals surface area contributed by atoms with Crippen molar-refractivity contribution in [3.63, 3.8) is 0 Å². The van der Waals surface area contributed by atoms with Gasteiger partial charge in [-0.05, 0) is 6.42 Å². The second kappa shape index (κ2) is 4.13. The summed E-state index contributed by atoms with van der Waals surface area (Å²) in [5, 5.41) is 3.22. The quantitative estimate of drug-likeness (QED) is 0.574. The van der Waals surface area contributed by atoms with Gasteiger partial charge in [-0.15, -0.1) is 6.58 Å². The molecule has 1 atom stereocenters. The number of nitrogens with zero attached hydrogens (tertiary/aromatic N) is 1. The molecular weight excluding hydrogens is 140 g/mol. The SMILES string of the molecule is C=CCC1CNCCN1[C]=O. The van der Waals surface area contributed by atoms with E-state index in [0.717, 1.165) is 26.1 Å². The fourth-order valence-electron chi connectivity index (χ4n) is 1.28. The number of piperazine rings is 1. The molecule has 0 saturated carbocycles. The molecule has 0 aliphatic carbocycles. The van der Waals surface area contributed by atoms with Crippen LogP contribution in [0.1, 0.15) is 6.42 Å². The highest BCUT2D eigenvalue weighted by atomic mass is 16.1. The summed E-state index contributed by atoms with van der Waals surface area (Å²) in [5.41, 5.74) is 0.